The van der Waals surface area contributed by atoms with Gasteiger partial charge in [-0.1, -0.05) is 0 Å². The summed E-state index contributed by atoms with van der Waals surface area (Å²) < 4.78 is 64.0. The fourth-order valence-electron chi connectivity index (χ4n) is 0.526. The Morgan fingerprint density at radius 2 is 1.20 bits per heavy atom. The van der Waals surface area contributed by atoms with Gasteiger partial charge in [-0.05, 0) is 0 Å². The van der Waals surface area contributed by atoms with Gasteiger partial charge in [0.2, 0.25) is 0 Å². The summed E-state index contributed by atoms with van der Waals surface area (Å²) in [6, 6.07) is 0. The molecule has 0 fully saturated rings. The summed E-state index contributed by atoms with van der Waals surface area (Å²) in [4.78, 5) is 0. The smallest absolute Gasteiger partial charge is 0.264 e. The molecule has 0 rings (SSSR count). The predicted octanol–water partition coefficient (Wildman–Crippen LogP) is -1.77. The highest BCUT2D eigenvalue weighted by Gasteiger charge is 2.04. The fourth-order valence-corrected chi connectivity index (χ4v) is 1.10. The third-order valence-corrected chi connectivity index (χ3v) is 1.89. The van der Waals surface area contributed by atoms with E-state index >= 15 is 0 Å². The first kappa shape index (κ1) is 14.7. The van der Waals surface area contributed by atoms with E-state index in [9.17, 15) is 16.8 Å². The molecule has 0 saturated carbocycles. The van der Waals surface area contributed by atoms with Crippen LogP contribution in [0, 0.1) is 0 Å². The van der Waals surface area contributed by atoms with Crippen LogP contribution in [0.25, 0.3) is 0 Å². The van der Waals surface area contributed by atoms with Crippen LogP contribution in [0.15, 0.2) is 0 Å². The Hall–Kier alpha value is -0.300. The van der Waals surface area contributed by atoms with Crippen LogP contribution in [0.2, 0.25) is 0 Å². The average molecular weight is 264 g/mol. The predicted molar refractivity (Wildman–Crippen MR) is 46.9 cm³/mol. The van der Waals surface area contributed by atoms with Crippen LogP contribution < -0.4 is 5.32 Å². The largest absolute Gasteiger partial charge is 0.397 e. The van der Waals surface area contributed by atoms with E-state index in [2.05, 4.69) is 13.7 Å². The van der Waals surface area contributed by atoms with Crippen molar-refractivity contribution in [2.24, 2.45) is 0 Å². The first-order chi connectivity index (χ1) is 6.71. The van der Waals surface area contributed by atoms with Crippen molar-refractivity contribution < 1.29 is 34.3 Å². The molecule has 15 heavy (non-hydrogen) atoms. The monoisotopic (exact) mass is 264 g/mol. The van der Waals surface area contributed by atoms with Crippen LogP contribution in [0.3, 0.4) is 0 Å². The Balaban J connectivity index is 3.34. The van der Waals surface area contributed by atoms with E-state index in [4.69, 9.17) is 9.11 Å². The summed E-state index contributed by atoms with van der Waals surface area (Å²) in [6.07, 6.45) is 0. The van der Waals surface area contributed by atoms with E-state index < -0.39 is 20.8 Å². The molecule has 0 saturated heterocycles. The minimum absolute atomic E-state index is 0.0609. The van der Waals surface area contributed by atoms with Gasteiger partial charge in [0.05, 0.1) is 13.2 Å². The van der Waals surface area contributed by atoms with Gasteiger partial charge in [-0.15, -0.1) is 0 Å². The maximum atomic E-state index is 10.0. The Morgan fingerprint density at radius 1 is 0.867 bits per heavy atom. The van der Waals surface area contributed by atoms with Crippen LogP contribution in [0.4, 0.5) is 0 Å². The second-order valence-electron chi connectivity index (χ2n) is 2.17. The third-order valence-electron chi connectivity index (χ3n) is 0.963. The van der Waals surface area contributed by atoms with Crippen molar-refractivity contribution in [3.05, 3.63) is 0 Å². The third kappa shape index (κ3) is 13.7. The van der Waals surface area contributed by atoms with Crippen molar-refractivity contribution in [2.75, 3.05) is 26.3 Å². The maximum absolute atomic E-state index is 10.0. The molecular weight excluding hydrogens is 254 g/mol. The molecule has 0 aromatic heterocycles. The second-order valence-corrected chi connectivity index (χ2v) is 4.35. The van der Waals surface area contributed by atoms with Crippen molar-refractivity contribution in [3.63, 3.8) is 0 Å². The molecule has 0 amide bonds. The lowest BCUT2D eigenvalue weighted by molar-refractivity contribution is 0.250. The average Bonchev–Trinajstić information content (AvgIpc) is 1.98. The highest BCUT2D eigenvalue weighted by atomic mass is 32.3. The standard InChI is InChI=1S/C4H10NO8S2/c6-14(7,8)12-3-1-5-2-4-13-15(9,10)11/h1-4H2,(H,6,7,8)(H,9,10,11). The van der Waals surface area contributed by atoms with Crippen LogP contribution in [0.1, 0.15) is 0 Å². The van der Waals surface area contributed by atoms with E-state index in [1.54, 1.807) is 0 Å². The van der Waals surface area contributed by atoms with Crippen molar-refractivity contribution in [1.82, 2.24) is 5.32 Å². The highest BCUT2D eigenvalue weighted by Crippen LogP contribution is 1.86. The normalized spacial score (nSPS) is 12.9. The Bertz CT molecular complexity index is 322. The number of nitrogens with zero attached hydrogens (tertiary/aromatic N) is 1. The van der Waals surface area contributed by atoms with Gasteiger partial charge in [-0.25, -0.2) is 13.7 Å². The molecule has 0 aromatic rings. The summed E-state index contributed by atoms with van der Waals surface area (Å²) in [5.74, 6) is 0. The lowest BCUT2D eigenvalue weighted by atomic mass is 10.6. The summed E-state index contributed by atoms with van der Waals surface area (Å²) in [5.41, 5.74) is 0. The van der Waals surface area contributed by atoms with Gasteiger partial charge in [-0.3, -0.25) is 9.11 Å². The molecule has 0 aliphatic heterocycles. The first-order valence-electron chi connectivity index (χ1n) is 3.57. The number of rotatable bonds is 8. The topological polar surface area (TPSA) is 141 Å². The van der Waals surface area contributed by atoms with Gasteiger partial charge in [0.15, 0.2) is 0 Å². The van der Waals surface area contributed by atoms with Crippen LogP contribution in [-0.2, 0) is 29.2 Å². The van der Waals surface area contributed by atoms with Gasteiger partial charge < -0.3 is 0 Å². The molecule has 0 heterocycles. The number of hydrogen-bond donors (Lipinski definition) is 2. The zero-order chi connectivity index (χ0) is 11.9. The van der Waals surface area contributed by atoms with Gasteiger partial charge in [0, 0.05) is 13.1 Å². The summed E-state index contributed by atoms with van der Waals surface area (Å²) >= 11 is 0. The molecule has 2 N–H and O–H groups in total. The van der Waals surface area contributed by atoms with Crippen molar-refractivity contribution in [1.29, 1.82) is 0 Å². The van der Waals surface area contributed by atoms with Crippen molar-refractivity contribution in [2.45, 2.75) is 0 Å². The number of hydrogen-bond acceptors (Lipinski definition) is 6. The molecule has 0 bridgehead atoms. The molecule has 9 nitrogen and oxygen atoms in total. The zero-order valence-corrected chi connectivity index (χ0v) is 9.07. The minimum Gasteiger partial charge on any atom is -0.264 e. The molecule has 0 unspecified atom stereocenters. The van der Waals surface area contributed by atoms with Gasteiger partial charge in [0.25, 0.3) is 0 Å². The van der Waals surface area contributed by atoms with E-state index in [0.29, 0.717) is 0 Å². The minimum atomic E-state index is -4.47. The molecule has 0 aromatic carbocycles. The van der Waals surface area contributed by atoms with Gasteiger partial charge in [-0.2, -0.15) is 16.8 Å². The SMILES string of the molecule is O=S(=O)(O)OCC[N]CCOS(=O)(=O)O. The molecule has 0 aliphatic carbocycles. The lowest BCUT2D eigenvalue weighted by Crippen LogP contribution is -2.20. The van der Waals surface area contributed by atoms with Crippen molar-refractivity contribution in [3.8, 4) is 0 Å². The molecule has 1 radical (unpaired) electrons. The van der Waals surface area contributed by atoms with Gasteiger partial charge >= 0.3 is 20.8 Å². The highest BCUT2D eigenvalue weighted by molar-refractivity contribution is 7.81. The van der Waals surface area contributed by atoms with E-state index in [0.717, 1.165) is 0 Å². The van der Waals surface area contributed by atoms with E-state index in [-0.39, 0.29) is 26.3 Å². The van der Waals surface area contributed by atoms with Crippen LogP contribution in [-0.4, -0.2) is 52.2 Å². The molecule has 11 heteroatoms. The van der Waals surface area contributed by atoms with E-state index in [1.165, 1.54) is 0 Å². The quantitative estimate of drug-likeness (QED) is 0.387. The van der Waals surface area contributed by atoms with Gasteiger partial charge in [0.1, 0.15) is 0 Å². The second kappa shape index (κ2) is 6.32. The first-order valence-corrected chi connectivity index (χ1v) is 6.31. The zero-order valence-electron chi connectivity index (χ0n) is 7.44. The molecular formula is C4H10NO8S2. The molecule has 0 atom stereocenters. The summed E-state index contributed by atoms with van der Waals surface area (Å²) in [5, 5.41) is 3.58. The summed E-state index contributed by atoms with van der Waals surface area (Å²) in [7, 11) is -8.93. The molecule has 0 aliphatic rings. The summed E-state index contributed by atoms with van der Waals surface area (Å²) in [6.45, 7) is -0.835. The van der Waals surface area contributed by atoms with Crippen LogP contribution >= 0.6 is 0 Å². The maximum Gasteiger partial charge on any atom is 0.397 e. The van der Waals surface area contributed by atoms with Crippen LogP contribution in [0.5, 0.6) is 0 Å². The molecule has 91 valence electrons. The van der Waals surface area contributed by atoms with Crippen molar-refractivity contribution >= 4 is 20.8 Å². The molecule has 0 spiro atoms. The lowest BCUT2D eigenvalue weighted by Gasteiger charge is -2.01. The Labute approximate surface area is 87.3 Å². The fraction of sp³-hybridized carbons (Fsp3) is 1.00. The Morgan fingerprint density at radius 3 is 1.47 bits per heavy atom. The van der Waals surface area contributed by atoms with E-state index in [1.807, 2.05) is 0 Å². The Kier molecular flexibility index (Phi) is 6.19.